The van der Waals surface area contributed by atoms with Crippen LogP contribution in [-0.2, 0) is 4.79 Å². The number of hydrogen-bond acceptors (Lipinski definition) is 1. The van der Waals surface area contributed by atoms with Crippen LogP contribution in [0.5, 0.6) is 0 Å². The maximum atomic E-state index is 12.1. The van der Waals surface area contributed by atoms with Crippen LogP contribution in [0.2, 0.25) is 0 Å². The normalized spacial score (nSPS) is 12.9. The maximum absolute atomic E-state index is 12.1. The minimum atomic E-state index is -1.33. The molecule has 1 amide bonds. The van der Waals surface area contributed by atoms with E-state index in [0.29, 0.717) is 0 Å². The van der Waals surface area contributed by atoms with E-state index in [-0.39, 0.29) is 6.42 Å². The number of carbonyl (C=O) groups excluding carboxylic acids is 1. The summed E-state index contributed by atoms with van der Waals surface area (Å²) in [5, 5.41) is 2.20. The fourth-order valence-electron chi connectivity index (χ4n) is 0.342. The quantitative estimate of drug-likeness (QED) is 0.562. The number of hydrogen-bond donors (Lipinski definition) is 1. The molecule has 0 fully saturated rings. The summed E-state index contributed by atoms with van der Waals surface area (Å²) in [6.07, 6.45) is -1.08. The van der Waals surface area contributed by atoms with Crippen LogP contribution in [0.4, 0.5) is 4.39 Å². The summed E-state index contributed by atoms with van der Waals surface area (Å²) in [6, 6.07) is 0. The Hall–Kier alpha value is -0.600. The molecule has 0 rings (SSSR count). The summed E-state index contributed by atoms with van der Waals surface area (Å²) in [5.74, 6) is -0.535. The van der Waals surface area contributed by atoms with Crippen molar-refractivity contribution in [1.82, 2.24) is 5.32 Å². The Morgan fingerprint density at radius 1 is 1.88 bits per heavy atom. The lowest BCUT2D eigenvalue weighted by Crippen LogP contribution is -2.27. The summed E-state index contributed by atoms with van der Waals surface area (Å²) in [4.78, 5) is 10.3. The van der Waals surface area contributed by atoms with Gasteiger partial charge >= 0.3 is 0 Å². The summed E-state index contributed by atoms with van der Waals surface area (Å²) >= 11 is 0. The Labute approximate surface area is 48.1 Å². The van der Waals surface area contributed by atoms with Crippen LogP contribution in [0.1, 0.15) is 13.3 Å². The second-order valence-corrected chi connectivity index (χ2v) is 1.49. The zero-order valence-corrected chi connectivity index (χ0v) is 5.07. The zero-order chi connectivity index (χ0) is 6.57. The molecule has 0 aromatic rings. The van der Waals surface area contributed by atoms with Crippen molar-refractivity contribution in [3.05, 3.63) is 0 Å². The predicted molar refractivity (Wildman–Crippen MR) is 29.3 cm³/mol. The van der Waals surface area contributed by atoms with Gasteiger partial charge in [0.25, 0.3) is 5.91 Å². The summed E-state index contributed by atoms with van der Waals surface area (Å²) in [5.41, 5.74) is 0. The summed E-state index contributed by atoms with van der Waals surface area (Å²) in [6.45, 7) is 1.62. The molecule has 0 aliphatic rings. The molecule has 0 aromatic carbocycles. The molecule has 0 heterocycles. The van der Waals surface area contributed by atoms with E-state index >= 15 is 0 Å². The SMILES string of the molecule is CCC(F)C(=O)NC. The Morgan fingerprint density at radius 3 is 2.50 bits per heavy atom. The molecule has 0 saturated heterocycles. The largest absolute Gasteiger partial charge is 0.357 e. The Morgan fingerprint density at radius 2 is 2.38 bits per heavy atom. The van der Waals surface area contributed by atoms with Gasteiger partial charge in [-0.05, 0) is 6.42 Å². The van der Waals surface area contributed by atoms with Crippen LogP contribution < -0.4 is 5.32 Å². The zero-order valence-electron chi connectivity index (χ0n) is 5.07. The summed E-state index contributed by atoms with van der Waals surface area (Å²) < 4.78 is 12.1. The lowest BCUT2D eigenvalue weighted by atomic mass is 10.3. The molecule has 2 nitrogen and oxygen atoms in total. The topological polar surface area (TPSA) is 29.1 Å². The monoisotopic (exact) mass is 119 g/mol. The minimum absolute atomic E-state index is 0.250. The molecule has 0 aromatic heterocycles. The molecular formula is C5H10FNO. The lowest BCUT2D eigenvalue weighted by Gasteiger charge is -2.00. The van der Waals surface area contributed by atoms with Crippen molar-refractivity contribution < 1.29 is 9.18 Å². The van der Waals surface area contributed by atoms with Crippen molar-refractivity contribution in [3.8, 4) is 0 Å². The van der Waals surface area contributed by atoms with Crippen molar-refractivity contribution >= 4 is 5.91 Å². The molecule has 3 heteroatoms. The third-order valence-corrected chi connectivity index (χ3v) is 0.889. The first-order valence-electron chi connectivity index (χ1n) is 2.58. The molecule has 0 radical (unpaired) electrons. The van der Waals surface area contributed by atoms with E-state index in [9.17, 15) is 9.18 Å². The first-order valence-corrected chi connectivity index (χ1v) is 2.58. The number of halogens is 1. The molecule has 48 valence electrons. The van der Waals surface area contributed by atoms with Crippen LogP contribution in [-0.4, -0.2) is 19.1 Å². The van der Waals surface area contributed by atoms with Gasteiger partial charge in [-0.2, -0.15) is 0 Å². The molecular weight excluding hydrogens is 109 g/mol. The van der Waals surface area contributed by atoms with Crippen molar-refractivity contribution in [2.24, 2.45) is 0 Å². The van der Waals surface area contributed by atoms with Crippen LogP contribution in [0, 0.1) is 0 Å². The minimum Gasteiger partial charge on any atom is -0.357 e. The van der Waals surface area contributed by atoms with Crippen LogP contribution in [0.15, 0.2) is 0 Å². The maximum Gasteiger partial charge on any atom is 0.254 e. The van der Waals surface area contributed by atoms with Gasteiger partial charge in [0.2, 0.25) is 0 Å². The van der Waals surface area contributed by atoms with E-state index < -0.39 is 12.1 Å². The molecule has 0 spiro atoms. The summed E-state index contributed by atoms with van der Waals surface area (Å²) in [7, 11) is 1.42. The van der Waals surface area contributed by atoms with Gasteiger partial charge in [0.05, 0.1) is 0 Å². The molecule has 1 unspecified atom stereocenters. The first-order chi connectivity index (χ1) is 3.72. The Balaban J connectivity index is 3.46. The highest BCUT2D eigenvalue weighted by atomic mass is 19.1. The van der Waals surface area contributed by atoms with E-state index in [4.69, 9.17) is 0 Å². The smallest absolute Gasteiger partial charge is 0.254 e. The second-order valence-electron chi connectivity index (χ2n) is 1.49. The molecule has 0 aliphatic carbocycles. The molecule has 0 saturated carbocycles. The van der Waals surface area contributed by atoms with Crippen LogP contribution >= 0.6 is 0 Å². The van der Waals surface area contributed by atoms with Gasteiger partial charge in [-0.15, -0.1) is 0 Å². The van der Waals surface area contributed by atoms with Gasteiger partial charge in [-0.25, -0.2) is 4.39 Å². The lowest BCUT2D eigenvalue weighted by molar-refractivity contribution is -0.125. The third-order valence-electron chi connectivity index (χ3n) is 0.889. The average molecular weight is 119 g/mol. The van der Waals surface area contributed by atoms with Crippen LogP contribution in [0.25, 0.3) is 0 Å². The number of carbonyl (C=O) groups is 1. The van der Waals surface area contributed by atoms with Gasteiger partial charge in [-0.3, -0.25) is 4.79 Å². The Kier molecular flexibility index (Phi) is 3.15. The van der Waals surface area contributed by atoms with Gasteiger partial charge in [0, 0.05) is 7.05 Å². The standard InChI is InChI=1S/C5H10FNO/c1-3-4(6)5(8)7-2/h4H,3H2,1-2H3,(H,7,8). The highest BCUT2D eigenvalue weighted by Gasteiger charge is 2.10. The number of amides is 1. The van der Waals surface area contributed by atoms with Gasteiger partial charge in [-0.1, -0.05) is 6.92 Å². The third kappa shape index (κ3) is 1.91. The predicted octanol–water partition coefficient (Wildman–Crippen LogP) is 0.480. The Bertz CT molecular complexity index is 84.5. The number of nitrogens with one attached hydrogen (secondary N) is 1. The molecule has 0 aliphatic heterocycles. The molecule has 1 N–H and O–H groups in total. The highest BCUT2D eigenvalue weighted by molar-refractivity contribution is 5.80. The van der Waals surface area contributed by atoms with Crippen LogP contribution in [0.3, 0.4) is 0 Å². The van der Waals surface area contributed by atoms with E-state index in [1.165, 1.54) is 7.05 Å². The average Bonchev–Trinajstić information content (AvgIpc) is 1.84. The van der Waals surface area contributed by atoms with Crippen molar-refractivity contribution in [3.63, 3.8) is 0 Å². The van der Waals surface area contributed by atoms with E-state index in [2.05, 4.69) is 5.32 Å². The first kappa shape index (κ1) is 7.40. The number of rotatable bonds is 2. The van der Waals surface area contributed by atoms with E-state index in [1.54, 1.807) is 6.92 Å². The van der Waals surface area contributed by atoms with Crippen molar-refractivity contribution in [2.45, 2.75) is 19.5 Å². The molecule has 8 heavy (non-hydrogen) atoms. The van der Waals surface area contributed by atoms with Crippen molar-refractivity contribution in [2.75, 3.05) is 7.05 Å². The van der Waals surface area contributed by atoms with Gasteiger partial charge in [0.1, 0.15) is 0 Å². The molecule has 1 atom stereocenters. The second kappa shape index (κ2) is 3.41. The van der Waals surface area contributed by atoms with Crippen molar-refractivity contribution in [1.29, 1.82) is 0 Å². The molecule has 0 bridgehead atoms. The van der Waals surface area contributed by atoms with E-state index in [0.717, 1.165) is 0 Å². The van der Waals surface area contributed by atoms with Gasteiger partial charge < -0.3 is 5.32 Å². The van der Waals surface area contributed by atoms with E-state index in [1.807, 2.05) is 0 Å². The van der Waals surface area contributed by atoms with Gasteiger partial charge in [0.15, 0.2) is 6.17 Å². The highest BCUT2D eigenvalue weighted by Crippen LogP contribution is 1.94. The number of alkyl halides is 1. The fraction of sp³-hybridized carbons (Fsp3) is 0.800. The fourth-order valence-corrected chi connectivity index (χ4v) is 0.342.